The van der Waals surface area contributed by atoms with Crippen molar-refractivity contribution in [2.24, 2.45) is 0 Å². The van der Waals surface area contributed by atoms with E-state index in [-0.39, 0.29) is 24.3 Å². The first-order valence-corrected chi connectivity index (χ1v) is 5.83. The molecule has 2 aliphatic heterocycles. The fourth-order valence-corrected chi connectivity index (χ4v) is 2.44. The smallest absolute Gasteiger partial charge is 0.308 e. The molecule has 4 heteroatoms. The number of carbonyl (C=O) groups excluding carboxylic acids is 1. The van der Waals surface area contributed by atoms with Crippen molar-refractivity contribution in [3.63, 3.8) is 0 Å². The average Bonchev–Trinajstić information content (AvgIpc) is 2.15. The summed E-state index contributed by atoms with van der Waals surface area (Å²) in [4.78, 5) is 11.1. The fourth-order valence-electron chi connectivity index (χ4n) is 2.44. The molecule has 2 saturated heterocycles. The molecule has 2 fully saturated rings. The lowest BCUT2D eigenvalue weighted by Gasteiger charge is -2.38. The molecule has 0 aromatic carbocycles. The minimum Gasteiger partial charge on any atom is -0.462 e. The van der Waals surface area contributed by atoms with Crippen molar-refractivity contribution >= 4 is 5.97 Å². The first-order chi connectivity index (χ1) is 7.67. The van der Waals surface area contributed by atoms with Crippen LogP contribution < -0.4 is 0 Å². The van der Waals surface area contributed by atoms with Gasteiger partial charge in [0, 0.05) is 19.3 Å². The summed E-state index contributed by atoms with van der Waals surface area (Å²) in [5.41, 5.74) is 0. The normalized spacial score (nSPS) is 36.1. The molecule has 0 saturated carbocycles. The Morgan fingerprint density at radius 3 is 3.00 bits per heavy atom. The number of hydrogen-bond donors (Lipinski definition) is 1. The summed E-state index contributed by atoms with van der Waals surface area (Å²) in [6.07, 6.45) is 5.53. The van der Waals surface area contributed by atoms with E-state index >= 15 is 0 Å². The van der Waals surface area contributed by atoms with Gasteiger partial charge in [0.15, 0.2) is 0 Å². The van der Waals surface area contributed by atoms with Gasteiger partial charge in [-0.05, 0) is 6.92 Å². The SMILES string of the molecule is C/C=C/[C@@H](O)C[C@H]1C[C@H]2C[C@H](CC(=O)O2)O1. The van der Waals surface area contributed by atoms with Crippen molar-refractivity contribution in [1.82, 2.24) is 0 Å². The highest BCUT2D eigenvalue weighted by molar-refractivity contribution is 5.71. The molecule has 2 heterocycles. The maximum Gasteiger partial charge on any atom is 0.308 e. The zero-order chi connectivity index (χ0) is 11.5. The van der Waals surface area contributed by atoms with Crippen molar-refractivity contribution in [2.75, 3.05) is 0 Å². The van der Waals surface area contributed by atoms with Gasteiger partial charge in [0.1, 0.15) is 6.10 Å². The van der Waals surface area contributed by atoms with Crippen LogP contribution in [0.25, 0.3) is 0 Å². The summed E-state index contributed by atoms with van der Waals surface area (Å²) in [7, 11) is 0. The van der Waals surface area contributed by atoms with Gasteiger partial charge in [0.05, 0.1) is 24.7 Å². The third-order valence-electron chi connectivity index (χ3n) is 3.05. The van der Waals surface area contributed by atoms with Crippen molar-refractivity contribution in [3.05, 3.63) is 12.2 Å². The second-order valence-corrected chi connectivity index (χ2v) is 4.50. The number of carbonyl (C=O) groups is 1. The van der Waals surface area contributed by atoms with Gasteiger partial charge in [-0.25, -0.2) is 0 Å². The number of allylic oxidation sites excluding steroid dienone is 1. The first kappa shape index (κ1) is 11.6. The Morgan fingerprint density at radius 1 is 1.50 bits per heavy atom. The summed E-state index contributed by atoms with van der Waals surface area (Å²) < 4.78 is 11.0. The number of ether oxygens (including phenoxy) is 2. The van der Waals surface area contributed by atoms with Crippen LogP contribution in [0.1, 0.15) is 32.6 Å². The van der Waals surface area contributed by atoms with Gasteiger partial charge in [0.25, 0.3) is 0 Å². The molecule has 0 radical (unpaired) electrons. The van der Waals surface area contributed by atoms with Crippen LogP contribution in [0, 0.1) is 0 Å². The third-order valence-corrected chi connectivity index (χ3v) is 3.05. The van der Waals surface area contributed by atoms with Crippen LogP contribution in [0.5, 0.6) is 0 Å². The highest BCUT2D eigenvalue weighted by Crippen LogP contribution is 2.30. The van der Waals surface area contributed by atoms with Crippen molar-refractivity contribution in [1.29, 1.82) is 0 Å². The molecule has 0 unspecified atom stereocenters. The van der Waals surface area contributed by atoms with Gasteiger partial charge in [-0.3, -0.25) is 4.79 Å². The predicted molar refractivity (Wildman–Crippen MR) is 57.8 cm³/mol. The maximum atomic E-state index is 11.1. The topological polar surface area (TPSA) is 55.8 Å². The number of fused-ring (bicyclic) bond motifs is 2. The first-order valence-electron chi connectivity index (χ1n) is 5.83. The Kier molecular flexibility index (Phi) is 3.61. The third kappa shape index (κ3) is 2.83. The molecule has 4 nitrogen and oxygen atoms in total. The number of esters is 1. The second-order valence-electron chi connectivity index (χ2n) is 4.50. The van der Waals surface area contributed by atoms with Gasteiger partial charge >= 0.3 is 5.97 Å². The standard InChI is InChI=1S/C12H18O4/c1-2-3-8(13)4-9-5-10-6-11(15-9)7-12(14)16-10/h2-3,8-11,13H,4-7H2,1H3/b3-2+/t8-,9+,10+,11-/m1/s1. The van der Waals surface area contributed by atoms with Gasteiger partial charge in [-0.2, -0.15) is 0 Å². The molecule has 0 spiro atoms. The molecule has 90 valence electrons. The van der Waals surface area contributed by atoms with Crippen LogP contribution in [-0.4, -0.2) is 35.5 Å². The Morgan fingerprint density at radius 2 is 2.31 bits per heavy atom. The Bertz CT molecular complexity index is 271. The van der Waals surface area contributed by atoms with Gasteiger partial charge in [-0.1, -0.05) is 12.2 Å². The minimum atomic E-state index is -0.468. The summed E-state index contributed by atoms with van der Waals surface area (Å²) in [5, 5.41) is 9.64. The molecule has 1 N–H and O–H groups in total. The van der Waals surface area contributed by atoms with E-state index in [1.807, 2.05) is 13.0 Å². The van der Waals surface area contributed by atoms with E-state index in [1.54, 1.807) is 6.08 Å². The van der Waals surface area contributed by atoms with Crippen molar-refractivity contribution < 1.29 is 19.4 Å². The van der Waals surface area contributed by atoms with Gasteiger partial charge < -0.3 is 14.6 Å². The minimum absolute atomic E-state index is 0.00282. The average molecular weight is 226 g/mol. The van der Waals surface area contributed by atoms with Crippen LogP contribution in [0.4, 0.5) is 0 Å². The molecule has 2 aliphatic rings. The summed E-state index contributed by atoms with van der Waals surface area (Å²) >= 11 is 0. The highest BCUT2D eigenvalue weighted by Gasteiger charge is 2.37. The molecule has 0 aliphatic carbocycles. The Balaban J connectivity index is 1.87. The maximum absolute atomic E-state index is 11.1. The van der Waals surface area contributed by atoms with Crippen LogP contribution in [0.15, 0.2) is 12.2 Å². The molecular formula is C12H18O4. The number of hydrogen-bond acceptors (Lipinski definition) is 4. The van der Waals surface area contributed by atoms with E-state index < -0.39 is 6.10 Å². The van der Waals surface area contributed by atoms with E-state index in [9.17, 15) is 9.90 Å². The summed E-state index contributed by atoms with van der Waals surface area (Å²) in [6, 6.07) is 0. The van der Waals surface area contributed by atoms with Crippen molar-refractivity contribution in [2.45, 2.75) is 57.0 Å². The molecule has 0 aromatic rings. The number of aliphatic hydroxyl groups excluding tert-OH is 1. The van der Waals surface area contributed by atoms with E-state index in [0.29, 0.717) is 19.3 Å². The molecule has 4 atom stereocenters. The Labute approximate surface area is 95.2 Å². The molecule has 0 aromatic heterocycles. The monoisotopic (exact) mass is 226 g/mol. The molecule has 0 amide bonds. The van der Waals surface area contributed by atoms with E-state index in [1.165, 1.54) is 0 Å². The molecule has 16 heavy (non-hydrogen) atoms. The Hall–Kier alpha value is -0.870. The zero-order valence-corrected chi connectivity index (χ0v) is 9.46. The van der Waals surface area contributed by atoms with Crippen LogP contribution in [-0.2, 0) is 14.3 Å². The summed E-state index contributed by atoms with van der Waals surface area (Å²) in [5.74, 6) is -0.159. The molecular weight excluding hydrogens is 208 g/mol. The highest BCUT2D eigenvalue weighted by atomic mass is 16.6. The van der Waals surface area contributed by atoms with Crippen molar-refractivity contribution in [3.8, 4) is 0 Å². The fraction of sp³-hybridized carbons (Fsp3) is 0.750. The van der Waals surface area contributed by atoms with E-state index in [0.717, 1.165) is 6.42 Å². The number of aliphatic hydroxyl groups is 1. The predicted octanol–water partition coefficient (Wildman–Crippen LogP) is 1.18. The molecule has 2 rings (SSSR count). The van der Waals surface area contributed by atoms with E-state index in [2.05, 4.69) is 0 Å². The lowest BCUT2D eigenvalue weighted by Crippen LogP contribution is -2.44. The lowest BCUT2D eigenvalue weighted by atomic mass is 9.94. The quantitative estimate of drug-likeness (QED) is 0.580. The van der Waals surface area contributed by atoms with Gasteiger partial charge in [0.2, 0.25) is 0 Å². The second kappa shape index (κ2) is 4.97. The molecule has 2 bridgehead atoms. The van der Waals surface area contributed by atoms with Crippen LogP contribution in [0.2, 0.25) is 0 Å². The summed E-state index contributed by atoms with van der Waals surface area (Å²) in [6.45, 7) is 1.88. The van der Waals surface area contributed by atoms with Crippen LogP contribution in [0.3, 0.4) is 0 Å². The number of rotatable bonds is 3. The lowest BCUT2D eigenvalue weighted by molar-refractivity contribution is -0.185. The van der Waals surface area contributed by atoms with Gasteiger partial charge in [-0.15, -0.1) is 0 Å². The van der Waals surface area contributed by atoms with E-state index in [4.69, 9.17) is 9.47 Å². The van der Waals surface area contributed by atoms with Crippen LogP contribution >= 0.6 is 0 Å². The zero-order valence-electron chi connectivity index (χ0n) is 9.46. The largest absolute Gasteiger partial charge is 0.462 e.